The van der Waals surface area contributed by atoms with Gasteiger partial charge in [-0.1, -0.05) is 5.16 Å². The molecule has 0 amide bonds. The summed E-state index contributed by atoms with van der Waals surface area (Å²) in [4.78, 5) is 14.6. The molecular weight excluding hydrogens is 264 g/mol. The Morgan fingerprint density at radius 3 is 2.90 bits per heavy atom. The summed E-state index contributed by atoms with van der Waals surface area (Å²) < 4.78 is 9.90. The van der Waals surface area contributed by atoms with Crippen LogP contribution < -0.4 is 10.1 Å². The Kier molecular flexibility index (Phi) is 4.14. The molecule has 8 nitrogen and oxygen atoms in total. The molecule has 1 aromatic carbocycles. The summed E-state index contributed by atoms with van der Waals surface area (Å²) in [5, 5.41) is 17.7. The number of aryl methyl sites for hydroxylation is 1. The molecule has 0 spiro atoms. The Morgan fingerprint density at radius 1 is 1.50 bits per heavy atom. The number of benzene rings is 1. The van der Waals surface area contributed by atoms with Crippen molar-refractivity contribution in [2.24, 2.45) is 0 Å². The molecule has 0 atom stereocenters. The van der Waals surface area contributed by atoms with E-state index in [4.69, 9.17) is 9.26 Å². The minimum atomic E-state index is -0.444. The van der Waals surface area contributed by atoms with E-state index in [9.17, 15) is 10.1 Å². The van der Waals surface area contributed by atoms with Crippen LogP contribution >= 0.6 is 0 Å². The normalized spacial score (nSPS) is 10.3. The number of rotatable bonds is 6. The number of hydrogen-bond donors (Lipinski definition) is 1. The number of methoxy groups -OCH3 is 1. The minimum absolute atomic E-state index is 0.00454. The number of nitro benzene ring substituents is 1. The van der Waals surface area contributed by atoms with Gasteiger partial charge in [-0.25, -0.2) is 0 Å². The van der Waals surface area contributed by atoms with Gasteiger partial charge in [0.05, 0.1) is 12.0 Å². The fraction of sp³-hybridized carbons (Fsp3) is 0.333. The van der Waals surface area contributed by atoms with Crippen molar-refractivity contribution in [3.05, 3.63) is 40.0 Å². The summed E-state index contributed by atoms with van der Waals surface area (Å²) in [5.74, 6) is 1.60. The van der Waals surface area contributed by atoms with Gasteiger partial charge in [-0.2, -0.15) is 4.98 Å². The maximum Gasteiger partial charge on any atom is 0.292 e. The molecule has 1 heterocycles. The molecule has 8 heteroatoms. The van der Waals surface area contributed by atoms with Gasteiger partial charge < -0.3 is 14.6 Å². The monoisotopic (exact) mass is 278 g/mol. The molecule has 0 aliphatic carbocycles. The smallest absolute Gasteiger partial charge is 0.292 e. The van der Waals surface area contributed by atoms with E-state index in [-0.39, 0.29) is 5.69 Å². The van der Waals surface area contributed by atoms with Crippen LogP contribution in [0.4, 0.5) is 11.4 Å². The van der Waals surface area contributed by atoms with Crippen LogP contribution in [-0.2, 0) is 6.42 Å². The summed E-state index contributed by atoms with van der Waals surface area (Å²) in [5.41, 5.74) is 0.393. The molecule has 0 aliphatic heterocycles. The van der Waals surface area contributed by atoms with Gasteiger partial charge in [0.1, 0.15) is 11.4 Å². The summed E-state index contributed by atoms with van der Waals surface area (Å²) in [6, 6.07) is 4.53. The number of ether oxygens (including phenoxy) is 1. The summed E-state index contributed by atoms with van der Waals surface area (Å²) in [7, 11) is 1.51. The number of nitro groups is 1. The highest BCUT2D eigenvalue weighted by atomic mass is 16.6. The third-order valence-electron chi connectivity index (χ3n) is 2.63. The van der Waals surface area contributed by atoms with E-state index in [2.05, 4.69) is 15.5 Å². The highest BCUT2D eigenvalue weighted by Crippen LogP contribution is 2.28. The number of nitrogens with zero attached hydrogens (tertiary/aromatic N) is 3. The molecule has 0 aliphatic rings. The highest BCUT2D eigenvalue weighted by molar-refractivity contribution is 5.64. The zero-order valence-electron chi connectivity index (χ0n) is 11.1. The van der Waals surface area contributed by atoms with Crippen molar-refractivity contribution in [3.63, 3.8) is 0 Å². The summed E-state index contributed by atoms with van der Waals surface area (Å²) >= 11 is 0. The second-order valence-corrected chi connectivity index (χ2v) is 4.05. The highest BCUT2D eigenvalue weighted by Gasteiger charge is 2.14. The Balaban J connectivity index is 2.05. The van der Waals surface area contributed by atoms with Crippen LogP contribution in [0.5, 0.6) is 5.75 Å². The van der Waals surface area contributed by atoms with Gasteiger partial charge in [-0.15, -0.1) is 0 Å². The van der Waals surface area contributed by atoms with Crippen LogP contribution in [0, 0.1) is 17.0 Å². The second kappa shape index (κ2) is 6.00. The lowest BCUT2D eigenvalue weighted by Crippen LogP contribution is -2.08. The first-order valence-electron chi connectivity index (χ1n) is 5.95. The average molecular weight is 278 g/mol. The fourth-order valence-corrected chi connectivity index (χ4v) is 1.69. The lowest BCUT2D eigenvalue weighted by atomic mass is 10.2. The number of aromatic nitrogens is 2. The zero-order chi connectivity index (χ0) is 14.5. The molecular formula is C12H14N4O4. The molecule has 106 valence electrons. The van der Waals surface area contributed by atoms with Crippen LogP contribution in [0.15, 0.2) is 22.7 Å². The van der Waals surface area contributed by atoms with Crippen LogP contribution in [0.2, 0.25) is 0 Å². The second-order valence-electron chi connectivity index (χ2n) is 4.05. The third kappa shape index (κ3) is 3.22. The molecule has 0 fully saturated rings. The van der Waals surface area contributed by atoms with Crippen LogP contribution in [0.3, 0.4) is 0 Å². The number of anilines is 1. The molecule has 0 radical (unpaired) electrons. The molecule has 2 aromatic rings. The van der Waals surface area contributed by atoms with Crippen molar-refractivity contribution >= 4 is 11.4 Å². The van der Waals surface area contributed by atoms with Crippen molar-refractivity contribution in [2.75, 3.05) is 19.0 Å². The quantitative estimate of drug-likeness (QED) is 0.636. The van der Waals surface area contributed by atoms with Gasteiger partial charge in [-0.3, -0.25) is 10.1 Å². The van der Waals surface area contributed by atoms with E-state index >= 15 is 0 Å². The molecule has 1 aromatic heterocycles. The van der Waals surface area contributed by atoms with Crippen molar-refractivity contribution in [3.8, 4) is 5.75 Å². The van der Waals surface area contributed by atoms with Crippen LogP contribution in [-0.4, -0.2) is 28.7 Å². The maximum absolute atomic E-state index is 10.9. The Bertz CT molecular complexity index is 611. The average Bonchev–Trinajstić information content (AvgIpc) is 2.84. The molecule has 0 saturated heterocycles. The van der Waals surface area contributed by atoms with E-state index in [0.717, 1.165) is 0 Å². The molecule has 1 N–H and O–H groups in total. The predicted octanol–water partition coefficient (Wildman–Crippen LogP) is 1.95. The van der Waals surface area contributed by atoms with Crippen LogP contribution in [0.25, 0.3) is 0 Å². The van der Waals surface area contributed by atoms with Gasteiger partial charge in [0.2, 0.25) is 5.89 Å². The molecule has 20 heavy (non-hydrogen) atoms. The van der Waals surface area contributed by atoms with Gasteiger partial charge >= 0.3 is 0 Å². The van der Waals surface area contributed by atoms with Gasteiger partial charge in [0, 0.05) is 32.0 Å². The van der Waals surface area contributed by atoms with E-state index in [1.807, 2.05) is 0 Å². The fourth-order valence-electron chi connectivity index (χ4n) is 1.69. The van der Waals surface area contributed by atoms with E-state index < -0.39 is 4.92 Å². The standard InChI is InChI=1S/C12H14N4O4/c1-8-14-12(15-20-8)5-6-13-10-7-9(19-2)3-4-11(10)16(17)18/h3-4,7,13H,5-6H2,1-2H3. The Morgan fingerprint density at radius 2 is 2.30 bits per heavy atom. The largest absolute Gasteiger partial charge is 0.497 e. The maximum atomic E-state index is 10.9. The van der Waals surface area contributed by atoms with Crippen molar-refractivity contribution in [1.29, 1.82) is 0 Å². The van der Waals surface area contributed by atoms with Crippen molar-refractivity contribution in [2.45, 2.75) is 13.3 Å². The predicted molar refractivity (Wildman–Crippen MR) is 70.9 cm³/mol. The zero-order valence-corrected chi connectivity index (χ0v) is 11.1. The Hall–Kier alpha value is -2.64. The minimum Gasteiger partial charge on any atom is -0.497 e. The first-order valence-corrected chi connectivity index (χ1v) is 5.95. The number of hydrogen-bond acceptors (Lipinski definition) is 7. The third-order valence-corrected chi connectivity index (χ3v) is 2.63. The van der Waals surface area contributed by atoms with E-state index in [1.165, 1.54) is 13.2 Å². The molecule has 0 unspecified atom stereocenters. The summed E-state index contributed by atoms with van der Waals surface area (Å²) in [6.07, 6.45) is 0.506. The first kappa shape index (κ1) is 13.8. The van der Waals surface area contributed by atoms with Crippen molar-refractivity contribution in [1.82, 2.24) is 10.1 Å². The first-order chi connectivity index (χ1) is 9.60. The molecule has 2 rings (SSSR count). The van der Waals surface area contributed by atoms with Gasteiger partial charge in [0.25, 0.3) is 5.69 Å². The summed E-state index contributed by atoms with van der Waals surface area (Å²) in [6.45, 7) is 2.16. The van der Waals surface area contributed by atoms with Crippen molar-refractivity contribution < 1.29 is 14.2 Å². The van der Waals surface area contributed by atoms with Gasteiger partial charge in [0.15, 0.2) is 5.82 Å². The van der Waals surface area contributed by atoms with E-state index in [0.29, 0.717) is 36.1 Å². The van der Waals surface area contributed by atoms with Crippen LogP contribution in [0.1, 0.15) is 11.7 Å². The molecule has 0 saturated carbocycles. The lowest BCUT2D eigenvalue weighted by molar-refractivity contribution is -0.384. The lowest BCUT2D eigenvalue weighted by Gasteiger charge is -2.07. The topological polar surface area (TPSA) is 103 Å². The Labute approximate surface area is 114 Å². The SMILES string of the molecule is COc1ccc([N+](=O)[O-])c(NCCc2noc(C)n2)c1. The van der Waals surface area contributed by atoms with E-state index in [1.54, 1.807) is 19.1 Å². The molecule has 0 bridgehead atoms. The number of nitrogens with one attached hydrogen (secondary N) is 1. The van der Waals surface area contributed by atoms with Gasteiger partial charge in [-0.05, 0) is 6.07 Å².